The molecule has 0 nitrogen and oxygen atoms in total. The largest absolute Gasteiger partial charge is 0.0620 e. The standard InChI is InChI=1S/C18H24.3C14H22/c1-17(2,3)14-11-7-9-13-10-8-12-15(16(13)14)18(4,5)6;1-13(2,3)11-7-9-12(10-8-11)14(4,5)6;1-13(2,3)11-8-7-9-12(10-11)14(4,5)6;1-13(2,3)11-9-7-8-10-12(11)14(4,5)6/h7-12H,1-6H3;3*7-10H,1-6H3. The van der Waals surface area contributed by atoms with Gasteiger partial charge in [0.1, 0.15) is 0 Å². The van der Waals surface area contributed by atoms with Crippen LogP contribution in [0.5, 0.6) is 0 Å². The second kappa shape index (κ2) is 19.2. The Kier molecular flexibility index (Phi) is 16.8. The molecule has 0 aromatic heterocycles. The van der Waals surface area contributed by atoms with Crippen LogP contribution in [0.4, 0.5) is 0 Å². The maximum absolute atomic E-state index is 2.33. The highest BCUT2D eigenvalue weighted by atomic mass is 14.3. The Bertz CT molecular complexity index is 1930. The molecule has 0 atom stereocenters. The lowest BCUT2D eigenvalue weighted by molar-refractivity contribution is 0.530. The van der Waals surface area contributed by atoms with Crippen molar-refractivity contribution in [3.05, 3.63) is 154 Å². The summed E-state index contributed by atoms with van der Waals surface area (Å²) in [7, 11) is 0. The van der Waals surface area contributed by atoms with Gasteiger partial charge in [0.05, 0.1) is 0 Å². The summed E-state index contributed by atoms with van der Waals surface area (Å²) >= 11 is 0. The third-order valence-electron chi connectivity index (χ3n) is 11.3. The van der Waals surface area contributed by atoms with Crippen molar-refractivity contribution in [3.8, 4) is 0 Å². The second-order valence-corrected chi connectivity index (χ2v) is 25.4. The maximum atomic E-state index is 2.33. The van der Waals surface area contributed by atoms with E-state index in [1.165, 1.54) is 55.3 Å². The SMILES string of the molecule is CC(C)(C)c1ccc(C(C)(C)C)cc1.CC(C)(C)c1cccc(C(C)(C)C)c1.CC(C)(C)c1cccc2cccc(C(C)(C)C)c12.CC(C)(C)c1ccccc1C(C)(C)C. The van der Waals surface area contributed by atoms with E-state index >= 15 is 0 Å². The number of fused-ring (bicyclic) bond motifs is 1. The monoisotopic (exact) mass is 811 g/mol. The molecule has 0 aliphatic heterocycles. The summed E-state index contributed by atoms with van der Waals surface area (Å²) in [5.41, 5.74) is 13.4. The first kappa shape index (κ1) is 52.5. The highest BCUT2D eigenvalue weighted by Gasteiger charge is 2.25. The van der Waals surface area contributed by atoms with E-state index in [-0.39, 0.29) is 43.3 Å². The van der Waals surface area contributed by atoms with Crippen LogP contribution in [0.1, 0.15) is 211 Å². The average molecular weight is 811 g/mol. The van der Waals surface area contributed by atoms with Crippen LogP contribution in [0, 0.1) is 0 Å². The van der Waals surface area contributed by atoms with Crippen molar-refractivity contribution in [2.75, 3.05) is 0 Å². The predicted octanol–water partition coefficient (Wildman–Crippen LogP) is 18.3. The molecule has 330 valence electrons. The van der Waals surface area contributed by atoms with Crippen molar-refractivity contribution in [2.24, 2.45) is 0 Å². The third kappa shape index (κ3) is 15.7. The van der Waals surface area contributed by atoms with Gasteiger partial charge in [-0.05, 0) is 98.6 Å². The fourth-order valence-electron chi connectivity index (χ4n) is 7.30. The molecule has 0 heterocycles. The zero-order valence-electron chi connectivity index (χ0n) is 43.4. The molecule has 5 aromatic rings. The molecular formula is C60H90. The Balaban J connectivity index is 0.000000278. The van der Waals surface area contributed by atoms with Gasteiger partial charge in [-0.3, -0.25) is 0 Å². The van der Waals surface area contributed by atoms with Crippen molar-refractivity contribution in [2.45, 2.75) is 209 Å². The minimum atomic E-state index is 0.181. The molecule has 0 bridgehead atoms. The fourth-order valence-corrected chi connectivity index (χ4v) is 7.30. The van der Waals surface area contributed by atoms with Gasteiger partial charge in [0, 0.05) is 0 Å². The Morgan fingerprint density at radius 3 is 0.717 bits per heavy atom. The molecule has 0 heteroatoms. The number of hydrogen-bond donors (Lipinski definition) is 0. The summed E-state index contributed by atoms with van der Waals surface area (Å²) in [6.07, 6.45) is 0. The molecule has 0 aliphatic rings. The first-order valence-corrected chi connectivity index (χ1v) is 22.7. The number of rotatable bonds is 0. The van der Waals surface area contributed by atoms with Gasteiger partial charge >= 0.3 is 0 Å². The van der Waals surface area contributed by atoms with E-state index in [1.807, 2.05) is 0 Å². The van der Waals surface area contributed by atoms with Gasteiger partial charge in [-0.15, -0.1) is 0 Å². The first-order chi connectivity index (χ1) is 26.9. The molecule has 0 aliphatic carbocycles. The van der Waals surface area contributed by atoms with Crippen molar-refractivity contribution in [3.63, 3.8) is 0 Å². The van der Waals surface area contributed by atoms with Crippen LogP contribution in [-0.4, -0.2) is 0 Å². The lowest BCUT2D eigenvalue weighted by Gasteiger charge is -2.29. The number of benzene rings is 5. The molecule has 60 heavy (non-hydrogen) atoms. The van der Waals surface area contributed by atoms with Gasteiger partial charge < -0.3 is 0 Å². The van der Waals surface area contributed by atoms with E-state index in [0.29, 0.717) is 0 Å². The van der Waals surface area contributed by atoms with E-state index in [4.69, 9.17) is 0 Å². The van der Waals surface area contributed by atoms with Gasteiger partial charge in [0.2, 0.25) is 0 Å². The smallest absolute Gasteiger partial charge is 0.0109 e. The second-order valence-electron chi connectivity index (χ2n) is 25.4. The summed E-state index contributed by atoms with van der Waals surface area (Å²) < 4.78 is 0. The van der Waals surface area contributed by atoms with Crippen LogP contribution in [0.15, 0.2) is 109 Å². The fraction of sp³-hybridized carbons (Fsp3) is 0.533. The van der Waals surface area contributed by atoms with Crippen LogP contribution >= 0.6 is 0 Å². The van der Waals surface area contributed by atoms with Crippen LogP contribution in [0.3, 0.4) is 0 Å². The molecule has 0 saturated heterocycles. The van der Waals surface area contributed by atoms with Crippen molar-refractivity contribution >= 4 is 10.8 Å². The van der Waals surface area contributed by atoms with Crippen LogP contribution in [-0.2, 0) is 43.3 Å². The predicted molar refractivity (Wildman–Crippen MR) is 273 cm³/mol. The summed E-state index contributed by atoms with van der Waals surface area (Å²) in [6.45, 7) is 54.5. The first-order valence-electron chi connectivity index (χ1n) is 22.7. The zero-order chi connectivity index (χ0) is 46.5. The lowest BCUT2D eigenvalue weighted by Crippen LogP contribution is -2.21. The Morgan fingerprint density at radius 1 is 0.217 bits per heavy atom. The maximum Gasteiger partial charge on any atom is -0.0109 e. The van der Waals surface area contributed by atoms with E-state index in [2.05, 4.69) is 275 Å². The normalized spacial score (nSPS) is 13.0. The summed E-state index contributed by atoms with van der Waals surface area (Å²) in [5, 5.41) is 2.80. The van der Waals surface area contributed by atoms with Gasteiger partial charge in [0.15, 0.2) is 0 Å². The van der Waals surface area contributed by atoms with Crippen LogP contribution in [0.2, 0.25) is 0 Å². The van der Waals surface area contributed by atoms with Crippen molar-refractivity contribution in [1.82, 2.24) is 0 Å². The topological polar surface area (TPSA) is 0 Å². The average Bonchev–Trinajstić information content (AvgIpc) is 3.09. The van der Waals surface area contributed by atoms with Gasteiger partial charge in [-0.1, -0.05) is 275 Å². The lowest BCUT2D eigenvalue weighted by atomic mass is 9.75. The molecular weight excluding hydrogens is 721 g/mol. The van der Waals surface area contributed by atoms with Gasteiger partial charge in [0.25, 0.3) is 0 Å². The summed E-state index contributed by atoms with van der Waals surface area (Å²) in [4.78, 5) is 0. The van der Waals surface area contributed by atoms with E-state index in [0.717, 1.165) is 0 Å². The zero-order valence-corrected chi connectivity index (χ0v) is 43.4. The molecule has 0 fully saturated rings. The molecule has 5 aromatic carbocycles. The summed E-state index contributed by atoms with van der Waals surface area (Å²) in [6, 6.07) is 40.1. The Morgan fingerprint density at radius 2 is 0.467 bits per heavy atom. The van der Waals surface area contributed by atoms with Gasteiger partial charge in [-0.25, -0.2) is 0 Å². The van der Waals surface area contributed by atoms with Crippen LogP contribution < -0.4 is 0 Å². The molecule has 0 saturated carbocycles. The quantitative estimate of drug-likeness (QED) is 0.146. The molecule has 0 unspecified atom stereocenters. The van der Waals surface area contributed by atoms with Crippen molar-refractivity contribution < 1.29 is 0 Å². The van der Waals surface area contributed by atoms with E-state index in [9.17, 15) is 0 Å². The third-order valence-corrected chi connectivity index (χ3v) is 11.3. The van der Waals surface area contributed by atoms with E-state index < -0.39 is 0 Å². The molecule has 0 N–H and O–H groups in total. The highest BCUT2D eigenvalue weighted by molar-refractivity contribution is 5.90. The van der Waals surface area contributed by atoms with Gasteiger partial charge in [-0.2, -0.15) is 0 Å². The number of hydrogen-bond acceptors (Lipinski definition) is 0. The summed E-state index contributed by atoms with van der Waals surface area (Å²) in [5.74, 6) is 0. The van der Waals surface area contributed by atoms with E-state index in [1.54, 1.807) is 0 Å². The minimum Gasteiger partial charge on any atom is -0.0620 e. The Labute approximate surface area is 372 Å². The Hall–Kier alpha value is -3.64. The minimum absolute atomic E-state index is 0.181. The van der Waals surface area contributed by atoms with Crippen molar-refractivity contribution in [1.29, 1.82) is 0 Å². The molecule has 0 amide bonds. The molecule has 0 spiro atoms. The molecule has 0 radical (unpaired) electrons. The highest BCUT2D eigenvalue weighted by Crippen LogP contribution is 2.37. The molecule has 5 rings (SSSR count). The van der Waals surface area contributed by atoms with Crippen LogP contribution in [0.25, 0.3) is 10.8 Å².